The molecule has 1 aliphatic heterocycles. The summed E-state index contributed by atoms with van der Waals surface area (Å²) in [6, 6.07) is 11.7. The molecule has 0 aromatic heterocycles. The number of ether oxygens (including phenoxy) is 3. The van der Waals surface area contributed by atoms with Gasteiger partial charge >= 0.3 is 0 Å². The summed E-state index contributed by atoms with van der Waals surface area (Å²) in [4.78, 5) is 26.5. The molecule has 33 heavy (non-hydrogen) atoms. The van der Waals surface area contributed by atoms with Crippen molar-refractivity contribution in [3.05, 3.63) is 75.1 Å². The Morgan fingerprint density at radius 2 is 1.91 bits per heavy atom. The number of thioether (sulfide) groups is 1. The van der Waals surface area contributed by atoms with Crippen molar-refractivity contribution < 1.29 is 23.8 Å². The molecule has 0 saturated carbocycles. The molecule has 2 amide bonds. The lowest BCUT2D eigenvalue weighted by molar-refractivity contribution is -0.123. The van der Waals surface area contributed by atoms with Gasteiger partial charge in [0.15, 0.2) is 11.5 Å². The molecule has 1 aliphatic rings. The topological polar surface area (TPSA) is 65.1 Å². The summed E-state index contributed by atoms with van der Waals surface area (Å²) < 4.78 is 18.0. The van der Waals surface area contributed by atoms with E-state index in [0.717, 1.165) is 32.9 Å². The van der Waals surface area contributed by atoms with Crippen molar-refractivity contribution in [3.8, 4) is 11.5 Å². The molecule has 1 fully saturated rings. The van der Waals surface area contributed by atoms with Crippen LogP contribution in [0.5, 0.6) is 11.5 Å². The average molecular weight is 532 g/mol. The fraction of sp³-hybridized carbons (Fsp3) is 0.280. The smallest absolute Gasteiger partial charge is 0.293 e. The number of hydrogen-bond donors (Lipinski definition) is 0. The number of amides is 2. The van der Waals surface area contributed by atoms with E-state index in [0.29, 0.717) is 42.6 Å². The SMILES string of the molecule is C=CCc1cc(/C=C2/SC(=O)N(CCOC)C2=O)cc(OCC)c1OCc1ccc(Br)cc1. The van der Waals surface area contributed by atoms with E-state index in [1.807, 2.05) is 43.3 Å². The fourth-order valence-corrected chi connectivity index (χ4v) is 4.39. The second kappa shape index (κ2) is 12.1. The quantitative estimate of drug-likeness (QED) is 0.268. The normalized spacial score (nSPS) is 14.8. The summed E-state index contributed by atoms with van der Waals surface area (Å²) in [5.41, 5.74) is 2.67. The van der Waals surface area contributed by atoms with Gasteiger partial charge in [-0.25, -0.2) is 0 Å². The van der Waals surface area contributed by atoms with Crippen LogP contribution in [-0.2, 0) is 22.6 Å². The molecule has 8 heteroatoms. The number of nitrogens with zero attached hydrogens (tertiary/aromatic N) is 1. The van der Waals surface area contributed by atoms with Crippen LogP contribution in [0.15, 0.2) is 58.4 Å². The third-order valence-corrected chi connectivity index (χ3v) is 6.24. The zero-order valence-corrected chi connectivity index (χ0v) is 21.0. The molecule has 0 unspecified atom stereocenters. The summed E-state index contributed by atoms with van der Waals surface area (Å²) in [6.45, 7) is 7.13. The molecule has 0 radical (unpaired) electrons. The molecular formula is C25H26BrNO5S. The molecule has 3 rings (SSSR count). The van der Waals surface area contributed by atoms with Crippen molar-refractivity contribution in [2.24, 2.45) is 0 Å². The first-order valence-corrected chi connectivity index (χ1v) is 12.1. The van der Waals surface area contributed by atoms with Gasteiger partial charge in [0.1, 0.15) is 6.61 Å². The van der Waals surface area contributed by atoms with Gasteiger partial charge in [-0.2, -0.15) is 0 Å². The molecule has 2 aromatic rings. The lowest BCUT2D eigenvalue weighted by Crippen LogP contribution is -2.31. The lowest BCUT2D eigenvalue weighted by atomic mass is 10.0. The molecule has 1 heterocycles. The Morgan fingerprint density at radius 1 is 1.15 bits per heavy atom. The largest absolute Gasteiger partial charge is 0.490 e. The monoisotopic (exact) mass is 531 g/mol. The molecule has 174 valence electrons. The fourth-order valence-electron chi connectivity index (χ4n) is 3.26. The maximum atomic E-state index is 12.7. The first-order chi connectivity index (χ1) is 16.0. The summed E-state index contributed by atoms with van der Waals surface area (Å²) >= 11 is 4.37. The Bertz CT molecular complexity index is 1050. The summed E-state index contributed by atoms with van der Waals surface area (Å²) in [5, 5.41) is -0.297. The standard InChI is InChI=1S/C25H26BrNO5S/c1-4-6-19-13-18(15-22-24(28)27(11-12-30-3)25(29)33-22)14-21(31-5-2)23(19)32-16-17-7-9-20(26)10-8-17/h4,7-10,13-15H,1,5-6,11-12,16H2,2-3H3/b22-15+. The molecule has 0 bridgehead atoms. The number of allylic oxidation sites excluding steroid dienone is 1. The Balaban J connectivity index is 1.91. The van der Waals surface area contributed by atoms with Crippen LogP contribution >= 0.6 is 27.7 Å². The minimum atomic E-state index is -0.319. The first-order valence-electron chi connectivity index (χ1n) is 10.5. The average Bonchev–Trinajstić information content (AvgIpc) is 3.05. The van der Waals surface area contributed by atoms with Crippen LogP contribution in [-0.4, -0.2) is 42.9 Å². The van der Waals surface area contributed by atoms with Crippen LogP contribution in [0, 0.1) is 0 Å². The van der Waals surface area contributed by atoms with E-state index in [9.17, 15) is 9.59 Å². The van der Waals surface area contributed by atoms with E-state index in [1.54, 1.807) is 12.2 Å². The second-order valence-electron chi connectivity index (χ2n) is 7.17. The number of methoxy groups -OCH3 is 1. The van der Waals surface area contributed by atoms with Crippen molar-refractivity contribution >= 4 is 44.9 Å². The highest BCUT2D eigenvalue weighted by Gasteiger charge is 2.34. The van der Waals surface area contributed by atoms with Crippen molar-refractivity contribution in [3.63, 3.8) is 0 Å². The Labute approximate surface area is 206 Å². The van der Waals surface area contributed by atoms with E-state index < -0.39 is 0 Å². The Hall–Kier alpha value is -2.55. The van der Waals surface area contributed by atoms with Gasteiger partial charge in [0.2, 0.25) is 0 Å². The van der Waals surface area contributed by atoms with E-state index in [4.69, 9.17) is 14.2 Å². The third-order valence-electron chi connectivity index (χ3n) is 4.80. The van der Waals surface area contributed by atoms with Crippen LogP contribution < -0.4 is 9.47 Å². The van der Waals surface area contributed by atoms with Gasteiger partial charge in [0, 0.05) is 17.1 Å². The Morgan fingerprint density at radius 3 is 2.58 bits per heavy atom. The zero-order valence-electron chi connectivity index (χ0n) is 18.6. The molecule has 1 saturated heterocycles. The molecule has 6 nitrogen and oxygen atoms in total. The summed E-state index contributed by atoms with van der Waals surface area (Å²) in [5.74, 6) is 0.907. The summed E-state index contributed by atoms with van der Waals surface area (Å²) in [6.07, 6.45) is 4.07. The van der Waals surface area contributed by atoms with E-state index in [-0.39, 0.29) is 17.7 Å². The predicted octanol–water partition coefficient (Wildman–Crippen LogP) is 5.84. The maximum absolute atomic E-state index is 12.7. The molecule has 0 N–H and O–H groups in total. The van der Waals surface area contributed by atoms with Crippen LogP contribution in [0.3, 0.4) is 0 Å². The van der Waals surface area contributed by atoms with Crippen LogP contribution in [0.25, 0.3) is 6.08 Å². The zero-order chi connectivity index (χ0) is 23.8. The van der Waals surface area contributed by atoms with Gasteiger partial charge < -0.3 is 14.2 Å². The van der Waals surface area contributed by atoms with Crippen molar-refractivity contribution in [2.75, 3.05) is 26.9 Å². The highest BCUT2D eigenvalue weighted by atomic mass is 79.9. The van der Waals surface area contributed by atoms with Crippen molar-refractivity contribution in [1.29, 1.82) is 0 Å². The number of hydrogen-bond acceptors (Lipinski definition) is 6. The molecule has 0 aliphatic carbocycles. The van der Waals surface area contributed by atoms with Gasteiger partial charge in [0.25, 0.3) is 11.1 Å². The predicted molar refractivity (Wildman–Crippen MR) is 135 cm³/mol. The highest BCUT2D eigenvalue weighted by molar-refractivity contribution is 9.10. The van der Waals surface area contributed by atoms with E-state index in [2.05, 4.69) is 22.5 Å². The summed E-state index contributed by atoms with van der Waals surface area (Å²) in [7, 11) is 1.53. The van der Waals surface area contributed by atoms with Gasteiger partial charge in [-0.05, 0) is 66.6 Å². The number of carbonyl (C=O) groups excluding carboxylic acids is 2. The van der Waals surface area contributed by atoms with E-state index >= 15 is 0 Å². The van der Waals surface area contributed by atoms with Crippen LogP contribution in [0.4, 0.5) is 4.79 Å². The third kappa shape index (κ3) is 6.50. The Kier molecular flexibility index (Phi) is 9.17. The first kappa shape index (κ1) is 25.1. The number of carbonyl (C=O) groups is 2. The van der Waals surface area contributed by atoms with Crippen LogP contribution in [0.2, 0.25) is 0 Å². The number of benzene rings is 2. The number of rotatable bonds is 11. The van der Waals surface area contributed by atoms with Crippen molar-refractivity contribution in [2.45, 2.75) is 20.0 Å². The molecular weight excluding hydrogens is 506 g/mol. The minimum Gasteiger partial charge on any atom is -0.490 e. The second-order valence-corrected chi connectivity index (χ2v) is 9.08. The minimum absolute atomic E-state index is 0.229. The van der Waals surface area contributed by atoms with Gasteiger partial charge in [-0.1, -0.05) is 34.1 Å². The van der Waals surface area contributed by atoms with E-state index in [1.165, 1.54) is 12.0 Å². The maximum Gasteiger partial charge on any atom is 0.293 e. The number of halogens is 1. The highest BCUT2D eigenvalue weighted by Crippen LogP contribution is 2.37. The van der Waals surface area contributed by atoms with Gasteiger partial charge in [0.05, 0.1) is 24.7 Å². The molecule has 0 atom stereocenters. The molecule has 0 spiro atoms. The van der Waals surface area contributed by atoms with Crippen molar-refractivity contribution in [1.82, 2.24) is 4.90 Å². The van der Waals surface area contributed by atoms with Gasteiger partial charge in [-0.15, -0.1) is 6.58 Å². The van der Waals surface area contributed by atoms with Crippen LogP contribution in [0.1, 0.15) is 23.6 Å². The molecule has 2 aromatic carbocycles. The number of imide groups is 1. The van der Waals surface area contributed by atoms with Gasteiger partial charge in [-0.3, -0.25) is 14.5 Å². The lowest BCUT2D eigenvalue weighted by Gasteiger charge is -2.17.